The summed E-state index contributed by atoms with van der Waals surface area (Å²) in [6.07, 6.45) is 0. The quantitative estimate of drug-likeness (QED) is 0.214. The zero-order valence-corrected chi connectivity index (χ0v) is 17.1. The summed E-state index contributed by atoms with van der Waals surface area (Å²) in [4.78, 5) is 10.0. The van der Waals surface area contributed by atoms with Crippen LogP contribution in [0.3, 0.4) is 0 Å². The van der Waals surface area contributed by atoms with E-state index in [1.807, 2.05) is 42.5 Å². The van der Waals surface area contributed by atoms with Crippen molar-refractivity contribution in [2.75, 3.05) is 0 Å². The van der Waals surface area contributed by atoms with Gasteiger partial charge in [-0.15, -0.1) is 0 Å². The Morgan fingerprint density at radius 1 is 0.719 bits per heavy atom. The molecule has 1 fully saturated rings. The fraction of sp³-hybridized carbons (Fsp3) is 0. The number of benzene rings is 3. The van der Waals surface area contributed by atoms with Crippen molar-refractivity contribution in [2.45, 2.75) is 0 Å². The lowest BCUT2D eigenvalue weighted by Crippen LogP contribution is -2.31. The van der Waals surface area contributed by atoms with Crippen LogP contribution in [0.5, 0.6) is 0 Å². The molecule has 0 saturated carbocycles. The van der Waals surface area contributed by atoms with Gasteiger partial charge in [0, 0.05) is 21.6 Å². The van der Waals surface area contributed by atoms with Gasteiger partial charge < -0.3 is 9.31 Å². The molecule has 3 aromatic carbocycles. The van der Waals surface area contributed by atoms with E-state index in [9.17, 15) is 0 Å². The Morgan fingerprint density at radius 3 is 2.31 bits per heavy atom. The molecular weight excluding hydrogens is 397 g/mol. The van der Waals surface area contributed by atoms with Crippen LogP contribution in [-0.4, -0.2) is 21.5 Å². The van der Waals surface area contributed by atoms with Crippen LogP contribution in [0.1, 0.15) is 0 Å². The molecule has 1 aliphatic heterocycles. The van der Waals surface area contributed by atoms with Crippen LogP contribution >= 0.6 is 0 Å². The molecule has 0 atom stereocenters. The summed E-state index contributed by atoms with van der Waals surface area (Å²) in [5, 5.41) is 3.16. The van der Waals surface area contributed by atoms with Crippen molar-refractivity contribution in [3.63, 3.8) is 0 Å². The second kappa shape index (κ2) is 6.11. The second-order valence-electron chi connectivity index (χ2n) is 8.03. The van der Waals surface area contributed by atoms with Gasteiger partial charge in [-0.1, -0.05) is 55.6 Å². The van der Waals surface area contributed by atoms with Gasteiger partial charge in [0.25, 0.3) is 0 Å². The summed E-state index contributed by atoms with van der Waals surface area (Å²) >= 11 is 0. The number of pyridine rings is 2. The summed E-state index contributed by atoms with van der Waals surface area (Å²) in [5.74, 6) is 0.917. The first kappa shape index (κ1) is 17.4. The fourth-order valence-electron chi connectivity index (χ4n) is 4.57. The molecule has 0 amide bonds. The molecule has 5 nitrogen and oxygen atoms in total. The third-order valence-electron chi connectivity index (χ3n) is 6.13. The Balaban J connectivity index is 1.66. The number of imidazole rings is 1. The summed E-state index contributed by atoms with van der Waals surface area (Å²) in [6.45, 7) is 7.71. The van der Waals surface area contributed by atoms with Crippen molar-refractivity contribution in [3.05, 3.63) is 97.5 Å². The molecule has 0 radical (unpaired) electrons. The number of hydrogen-bond acceptors (Lipinski definition) is 4. The molecule has 0 N–H and O–H groups in total. The van der Waals surface area contributed by atoms with E-state index in [4.69, 9.17) is 19.3 Å². The van der Waals surface area contributed by atoms with Crippen molar-refractivity contribution in [1.82, 2.24) is 14.4 Å². The molecule has 1 aliphatic rings. The highest BCUT2D eigenvalue weighted by molar-refractivity contribution is 6.63. The van der Waals surface area contributed by atoms with Gasteiger partial charge in [-0.05, 0) is 30.3 Å². The summed E-state index contributed by atoms with van der Waals surface area (Å²) in [7, 11) is -0.565. The second-order valence-corrected chi connectivity index (χ2v) is 8.03. The van der Waals surface area contributed by atoms with Gasteiger partial charge in [0.15, 0.2) is 0 Å². The zero-order chi connectivity index (χ0) is 21.4. The summed E-state index contributed by atoms with van der Waals surface area (Å²) in [6, 6.07) is 24.7. The Bertz CT molecular complexity index is 1770. The first-order chi connectivity index (χ1) is 15.7. The standard InChI is InChI=1S/C26H16BN3O2/c1-15-16(2)32-27(31-15)18-11-12-19-24(14-18)30-23-10-6-5-9-22(23)29-26(30)20-13-17-7-3-4-8-21(17)28-25(19)20/h3-14H,1-2H2. The zero-order valence-electron chi connectivity index (χ0n) is 17.1. The number of rotatable bonds is 1. The van der Waals surface area contributed by atoms with E-state index in [-0.39, 0.29) is 0 Å². The lowest BCUT2D eigenvalue weighted by Gasteiger charge is -2.12. The molecular formula is C26H16BN3O2. The SMILES string of the molecule is C=C1OB(c2ccc3c4nc5ccccc5cc4c4nc5ccccc5n4c3c2)OC1=C. The van der Waals surface area contributed by atoms with E-state index in [2.05, 4.69) is 47.9 Å². The molecule has 0 unspecified atom stereocenters. The topological polar surface area (TPSA) is 48.7 Å². The van der Waals surface area contributed by atoms with E-state index >= 15 is 0 Å². The van der Waals surface area contributed by atoms with Crippen LogP contribution in [-0.2, 0) is 9.31 Å². The Labute approximate surface area is 183 Å². The molecule has 0 spiro atoms. The van der Waals surface area contributed by atoms with E-state index < -0.39 is 7.12 Å². The molecule has 7 rings (SSSR count). The molecule has 32 heavy (non-hydrogen) atoms. The third kappa shape index (κ3) is 2.29. The lowest BCUT2D eigenvalue weighted by atomic mass is 9.79. The molecule has 4 heterocycles. The largest absolute Gasteiger partial charge is 0.632 e. The maximum Gasteiger partial charge on any atom is 0.632 e. The van der Waals surface area contributed by atoms with Gasteiger partial charge in [-0.2, -0.15) is 0 Å². The fourth-order valence-corrected chi connectivity index (χ4v) is 4.57. The monoisotopic (exact) mass is 413 g/mol. The number of nitrogens with zero attached hydrogens (tertiary/aromatic N) is 3. The van der Waals surface area contributed by atoms with E-state index in [1.165, 1.54) is 0 Å². The van der Waals surface area contributed by atoms with Crippen LogP contribution in [0.25, 0.3) is 49.4 Å². The number of aromatic nitrogens is 3. The van der Waals surface area contributed by atoms with Crippen molar-refractivity contribution in [3.8, 4) is 0 Å². The minimum Gasteiger partial charge on any atom is -0.520 e. The van der Waals surface area contributed by atoms with E-state index in [0.717, 1.165) is 54.9 Å². The van der Waals surface area contributed by atoms with Crippen molar-refractivity contribution in [2.24, 2.45) is 0 Å². The first-order valence-corrected chi connectivity index (χ1v) is 10.4. The highest BCUT2D eigenvalue weighted by atomic mass is 16.6. The molecule has 150 valence electrons. The van der Waals surface area contributed by atoms with Gasteiger partial charge in [-0.25, -0.2) is 9.97 Å². The van der Waals surface area contributed by atoms with Crippen molar-refractivity contribution in [1.29, 1.82) is 0 Å². The van der Waals surface area contributed by atoms with Gasteiger partial charge >= 0.3 is 7.12 Å². The minimum atomic E-state index is -0.565. The van der Waals surface area contributed by atoms with Crippen LogP contribution < -0.4 is 5.46 Å². The molecule has 6 heteroatoms. The highest BCUT2D eigenvalue weighted by Crippen LogP contribution is 2.33. The first-order valence-electron chi connectivity index (χ1n) is 10.4. The maximum atomic E-state index is 5.78. The number of hydrogen-bond donors (Lipinski definition) is 0. The van der Waals surface area contributed by atoms with Crippen molar-refractivity contribution < 1.29 is 9.31 Å². The average molecular weight is 413 g/mol. The Kier molecular flexibility index (Phi) is 3.32. The molecule has 3 aromatic heterocycles. The minimum absolute atomic E-state index is 0.458. The molecule has 1 saturated heterocycles. The summed E-state index contributed by atoms with van der Waals surface area (Å²) in [5.41, 5.74) is 6.63. The van der Waals surface area contributed by atoms with Crippen molar-refractivity contribution >= 4 is 62.0 Å². The molecule has 6 aromatic rings. The predicted octanol–water partition coefficient (Wildman–Crippen LogP) is 5.11. The Hall–Kier alpha value is -4.32. The Morgan fingerprint density at radius 2 is 1.47 bits per heavy atom. The van der Waals surface area contributed by atoms with Crippen LogP contribution in [0.2, 0.25) is 0 Å². The average Bonchev–Trinajstić information content (AvgIpc) is 3.38. The highest BCUT2D eigenvalue weighted by Gasteiger charge is 2.35. The summed E-state index contributed by atoms with van der Waals surface area (Å²) < 4.78 is 13.8. The smallest absolute Gasteiger partial charge is 0.520 e. The maximum absolute atomic E-state index is 5.78. The van der Waals surface area contributed by atoms with Gasteiger partial charge in [0.2, 0.25) is 0 Å². The van der Waals surface area contributed by atoms with Crippen LogP contribution in [0, 0.1) is 0 Å². The molecule has 0 bridgehead atoms. The van der Waals surface area contributed by atoms with Gasteiger partial charge in [0.05, 0.1) is 27.6 Å². The number of para-hydroxylation sites is 3. The van der Waals surface area contributed by atoms with E-state index in [1.54, 1.807) is 0 Å². The van der Waals surface area contributed by atoms with Gasteiger partial charge in [0.1, 0.15) is 17.2 Å². The lowest BCUT2D eigenvalue weighted by molar-refractivity contribution is 0.431. The normalized spacial score (nSPS) is 14.2. The van der Waals surface area contributed by atoms with E-state index in [0.29, 0.717) is 11.5 Å². The van der Waals surface area contributed by atoms with Crippen LogP contribution in [0.4, 0.5) is 0 Å². The van der Waals surface area contributed by atoms with Crippen LogP contribution in [0.15, 0.2) is 97.5 Å². The third-order valence-corrected chi connectivity index (χ3v) is 6.13. The molecule has 0 aliphatic carbocycles. The predicted molar refractivity (Wildman–Crippen MR) is 129 cm³/mol. The number of fused-ring (bicyclic) bond motifs is 9. The van der Waals surface area contributed by atoms with Gasteiger partial charge in [-0.3, -0.25) is 4.40 Å².